The Kier molecular flexibility index (Phi) is 4.15. The van der Waals surface area contributed by atoms with Crippen LogP contribution < -0.4 is 5.73 Å². The number of hydrogen-bond acceptors (Lipinski definition) is 2. The summed E-state index contributed by atoms with van der Waals surface area (Å²) < 4.78 is 37.1. The molecule has 5 heteroatoms. The summed E-state index contributed by atoms with van der Waals surface area (Å²) in [7, 11) is -1.17. The Labute approximate surface area is 96.3 Å². The van der Waals surface area contributed by atoms with E-state index in [1.807, 2.05) is 0 Å². The van der Waals surface area contributed by atoms with Crippen molar-refractivity contribution in [3.05, 3.63) is 35.4 Å². The van der Waals surface area contributed by atoms with E-state index in [9.17, 15) is 13.0 Å². The van der Waals surface area contributed by atoms with Gasteiger partial charge < -0.3 is 5.73 Å². The average molecular weight is 247 g/mol. The van der Waals surface area contributed by atoms with Gasteiger partial charge in [-0.2, -0.15) is 0 Å². The molecule has 0 heterocycles. The average Bonchev–Trinajstić information content (AvgIpc) is 2.08. The third-order valence-electron chi connectivity index (χ3n) is 1.84. The number of hydrogen-bond donors (Lipinski definition) is 1. The van der Waals surface area contributed by atoms with Crippen LogP contribution in [0.2, 0.25) is 0 Å². The molecule has 0 saturated heterocycles. The highest BCUT2D eigenvalue weighted by Gasteiger charge is 2.15. The highest BCUT2D eigenvalue weighted by molar-refractivity contribution is 7.84. The van der Waals surface area contributed by atoms with E-state index in [1.54, 1.807) is 13.8 Å². The number of benzene rings is 1. The van der Waals surface area contributed by atoms with E-state index in [0.29, 0.717) is 11.3 Å². The summed E-state index contributed by atoms with van der Waals surface area (Å²) in [5.41, 5.74) is 5.71. The lowest BCUT2D eigenvalue weighted by molar-refractivity contribution is 0.507. The molecule has 90 valence electrons. The molecule has 2 nitrogen and oxygen atoms in total. The summed E-state index contributed by atoms with van der Waals surface area (Å²) in [6, 6.07) is 3.53. The molecule has 16 heavy (non-hydrogen) atoms. The van der Waals surface area contributed by atoms with Crippen LogP contribution in [-0.4, -0.2) is 15.5 Å². The molecule has 0 saturated carbocycles. The standard InChI is InChI=1S/C11H15F2NOS/c1-11(2,14)7-16(15)6-8-3-4-9(12)10(13)5-8/h3-5H,6-7,14H2,1-2H3. The lowest BCUT2D eigenvalue weighted by atomic mass is 10.1. The van der Waals surface area contributed by atoms with E-state index >= 15 is 0 Å². The van der Waals surface area contributed by atoms with E-state index in [0.717, 1.165) is 12.1 Å². The molecule has 1 unspecified atom stereocenters. The molecule has 0 bridgehead atoms. The molecule has 1 aromatic rings. The molecule has 0 aliphatic carbocycles. The summed E-state index contributed by atoms with van der Waals surface area (Å²) >= 11 is 0. The van der Waals surface area contributed by atoms with Gasteiger partial charge in [-0.3, -0.25) is 4.21 Å². The van der Waals surface area contributed by atoms with Crippen molar-refractivity contribution in [3.63, 3.8) is 0 Å². The number of rotatable bonds is 4. The molecular weight excluding hydrogens is 232 g/mol. The van der Waals surface area contributed by atoms with Gasteiger partial charge in [-0.1, -0.05) is 6.07 Å². The predicted molar refractivity (Wildman–Crippen MR) is 61.3 cm³/mol. The number of nitrogens with two attached hydrogens (primary N) is 1. The second-order valence-corrected chi connectivity index (χ2v) is 5.92. The predicted octanol–water partition coefficient (Wildman–Crippen LogP) is 1.95. The van der Waals surface area contributed by atoms with Gasteiger partial charge in [0.15, 0.2) is 11.6 Å². The Bertz CT molecular complexity index is 401. The van der Waals surface area contributed by atoms with E-state index in [-0.39, 0.29) is 5.75 Å². The maximum Gasteiger partial charge on any atom is 0.159 e. The Morgan fingerprint density at radius 2 is 1.94 bits per heavy atom. The molecule has 0 aliphatic rings. The van der Waals surface area contributed by atoms with Crippen LogP contribution in [0.1, 0.15) is 19.4 Å². The van der Waals surface area contributed by atoms with Gasteiger partial charge in [-0.25, -0.2) is 8.78 Å². The van der Waals surface area contributed by atoms with Gasteiger partial charge in [0.1, 0.15) is 0 Å². The smallest absolute Gasteiger partial charge is 0.159 e. The van der Waals surface area contributed by atoms with Gasteiger partial charge in [0, 0.05) is 27.8 Å². The Morgan fingerprint density at radius 1 is 1.31 bits per heavy atom. The Hall–Kier alpha value is -0.810. The Morgan fingerprint density at radius 3 is 2.44 bits per heavy atom. The van der Waals surface area contributed by atoms with E-state index < -0.39 is 28.0 Å². The van der Waals surface area contributed by atoms with Crippen molar-refractivity contribution in [1.29, 1.82) is 0 Å². The first-order valence-corrected chi connectivity index (χ1v) is 6.34. The van der Waals surface area contributed by atoms with Gasteiger partial charge in [0.2, 0.25) is 0 Å². The molecule has 1 aromatic carbocycles. The minimum Gasteiger partial charge on any atom is -0.325 e. The van der Waals surface area contributed by atoms with Gasteiger partial charge in [0.05, 0.1) is 0 Å². The Balaban J connectivity index is 2.67. The van der Waals surface area contributed by atoms with Crippen LogP contribution in [0.3, 0.4) is 0 Å². The fraction of sp³-hybridized carbons (Fsp3) is 0.455. The molecule has 0 spiro atoms. The minimum absolute atomic E-state index is 0.192. The first-order chi connectivity index (χ1) is 7.28. The van der Waals surface area contributed by atoms with E-state index in [2.05, 4.69) is 0 Å². The second-order valence-electron chi connectivity index (χ2n) is 4.47. The van der Waals surface area contributed by atoms with Crippen molar-refractivity contribution < 1.29 is 13.0 Å². The van der Waals surface area contributed by atoms with Crippen LogP contribution >= 0.6 is 0 Å². The van der Waals surface area contributed by atoms with Gasteiger partial charge in [0.25, 0.3) is 0 Å². The summed E-state index contributed by atoms with van der Waals surface area (Å²) in [6.45, 7) is 3.55. The zero-order valence-electron chi connectivity index (χ0n) is 9.30. The first kappa shape index (κ1) is 13.3. The first-order valence-electron chi connectivity index (χ1n) is 4.86. The molecule has 0 aromatic heterocycles. The van der Waals surface area contributed by atoms with Crippen LogP contribution in [-0.2, 0) is 16.6 Å². The third-order valence-corrected chi connectivity index (χ3v) is 3.57. The fourth-order valence-corrected chi connectivity index (χ4v) is 2.76. The molecular formula is C11H15F2NOS. The molecule has 0 aliphatic heterocycles. The third kappa shape index (κ3) is 4.37. The molecule has 1 atom stereocenters. The van der Waals surface area contributed by atoms with Gasteiger partial charge >= 0.3 is 0 Å². The lowest BCUT2D eigenvalue weighted by Gasteiger charge is -2.17. The maximum absolute atomic E-state index is 12.9. The van der Waals surface area contributed by atoms with E-state index in [1.165, 1.54) is 6.07 Å². The summed E-state index contributed by atoms with van der Waals surface area (Å²) in [5.74, 6) is -1.29. The van der Waals surface area contributed by atoms with Crippen LogP contribution in [0.4, 0.5) is 8.78 Å². The SMILES string of the molecule is CC(C)(N)CS(=O)Cc1ccc(F)c(F)c1. The molecule has 0 amide bonds. The van der Waals surface area contributed by atoms with Crippen molar-refractivity contribution in [3.8, 4) is 0 Å². The van der Waals surface area contributed by atoms with Crippen LogP contribution in [0, 0.1) is 11.6 Å². The fourth-order valence-electron chi connectivity index (χ4n) is 1.28. The zero-order valence-corrected chi connectivity index (χ0v) is 10.1. The normalized spacial score (nSPS) is 13.8. The van der Waals surface area contributed by atoms with Crippen molar-refractivity contribution in [1.82, 2.24) is 0 Å². The highest BCUT2D eigenvalue weighted by Crippen LogP contribution is 2.12. The molecule has 0 fully saturated rings. The topological polar surface area (TPSA) is 43.1 Å². The summed E-state index contributed by atoms with van der Waals surface area (Å²) in [6.07, 6.45) is 0. The van der Waals surface area contributed by atoms with Crippen LogP contribution in [0.25, 0.3) is 0 Å². The molecule has 1 rings (SSSR count). The van der Waals surface area contributed by atoms with Crippen molar-refractivity contribution in [2.75, 3.05) is 5.75 Å². The largest absolute Gasteiger partial charge is 0.325 e. The monoisotopic (exact) mass is 247 g/mol. The van der Waals surface area contributed by atoms with Gasteiger partial charge in [-0.15, -0.1) is 0 Å². The number of halogens is 2. The lowest BCUT2D eigenvalue weighted by Crippen LogP contribution is -2.38. The second kappa shape index (κ2) is 5.01. The highest BCUT2D eigenvalue weighted by atomic mass is 32.2. The molecule has 0 radical (unpaired) electrons. The summed E-state index contributed by atoms with van der Waals surface area (Å²) in [5, 5.41) is 0. The van der Waals surface area contributed by atoms with Crippen molar-refractivity contribution in [2.24, 2.45) is 5.73 Å². The van der Waals surface area contributed by atoms with Crippen LogP contribution in [0.5, 0.6) is 0 Å². The van der Waals surface area contributed by atoms with Crippen molar-refractivity contribution in [2.45, 2.75) is 25.1 Å². The minimum atomic E-state index is -1.17. The quantitative estimate of drug-likeness (QED) is 0.883. The van der Waals surface area contributed by atoms with Gasteiger partial charge in [-0.05, 0) is 31.5 Å². The van der Waals surface area contributed by atoms with E-state index in [4.69, 9.17) is 5.73 Å². The summed E-state index contributed by atoms with van der Waals surface area (Å²) in [4.78, 5) is 0. The molecule has 2 N–H and O–H groups in total. The van der Waals surface area contributed by atoms with Crippen molar-refractivity contribution >= 4 is 10.8 Å². The maximum atomic E-state index is 12.9. The van der Waals surface area contributed by atoms with Crippen LogP contribution in [0.15, 0.2) is 18.2 Å². The zero-order chi connectivity index (χ0) is 12.3.